The standard InChI is InChI=1S/C21H36NO2P/c1-7-22(8-2)25(23,21-12-10-9-11-18(21)6)24-20-15-17(5)13-14-19(20)16(3)4/h9-12,16-17,19-20H,7-8,13-15H2,1-6H3/t17-,19+,20-,25?/m1/s1. The number of hydrogen-bond donors (Lipinski definition) is 0. The van der Waals surface area contributed by atoms with E-state index >= 15 is 0 Å². The van der Waals surface area contributed by atoms with Crippen molar-refractivity contribution in [3.05, 3.63) is 29.8 Å². The number of nitrogens with zero attached hydrogens (tertiary/aromatic N) is 1. The van der Waals surface area contributed by atoms with Gasteiger partial charge in [0.15, 0.2) is 0 Å². The molecule has 0 heterocycles. The van der Waals surface area contributed by atoms with Gasteiger partial charge in [-0.2, -0.15) is 0 Å². The van der Waals surface area contributed by atoms with E-state index in [0.717, 1.165) is 30.4 Å². The molecule has 142 valence electrons. The Kier molecular flexibility index (Phi) is 7.31. The molecular weight excluding hydrogens is 329 g/mol. The van der Waals surface area contributed by atoms with E-state index in [4.69, 9.17) is 4.52 Å². The molecular formula is C21H36NO2P. The fourth-order valence-corrected chi connectivity index (χ4v) is 6.87. The minimum atomic E-state index is -3.06. The molecule has 1 aliphatic rings. The smallest absolute Gasteiger partial charge is 0.302 e. The molecule has 1 aliphatic carbocycles. The van der Waals surface area contributed by atoms with Gasteiger partial charge < -0.3 is 4.52 Å². The first-order chi connectivity index (χ1) is 11.8. The molecule has 2 rings (SSSR count). The van der Waals surface area contributed by atoms with Crippen LogP contribution in [0.5, 0.6) is 0 Å². The highest BCUT2D eigenvalue weighted by Crippen LogP contribution is 2.54. The third-order valence-electron chi connectivity index (χ3n) is 5.76. The Morgan fingerprint density at radius 3 is 2.40 bits per heavy atom. The van der Waals surface area contributed by atoms with Gasteiger partial charge in [-0.25, -0.2) is 4.67 Å². The van der Waals surface area contributed by atoms with Crippen LogP contribution in [0.1, 0.15) is 59.4 Å². The van der Waals surface area contributed by atoms with Crippen molar-refractivity contribution in [3.8, 4) is 0 Å². The third kappa shape index (κ3) is 4.56. The topological polar surface area (TPSA) is 29.5 Å². The molecule has 3 nitrogen and oxygen atoms in total. The Labute approximate surface area is 154 Å². The van der Waals surface area contributed by atoms with Gasteiger partial charge in [0.05, 0.1) is 11.4 Å². The van der Waals surface area contributed by atoms with Gasteiger partial charge in [0.1, 0.15) is 0 Å². The van der Waals surface area contributed by atoms with Gasteiger partial charge in [-0.3, -0.25) is 4.57 Å². The van der Waals surface area contributed by atoms with Crippen molar-refractivity contribution in [2.24, 2.45) is 17.8 Å². The van der Waals surface area contributed by atoms with E-state index in [1.54, 1.807) is 0 Å². The SMILES string of the molecule is CCN(CC)P(=O)(O[C@@H]1C[C@H](C)CC[C@H]1C(C)C)c1ccccc1C. The lowest BCUT2D eigenvalue weighted by Gasteiger charge is -2.41. The quantitative estimate of drug-likeness (QED) is 0.586. The van der Waals surface area contributed by atoms with Crippen LogP contribution in [0.15, 0.2) is 24.3 Å². The number of rotatable bonds is 7. The van der Waals surface area contributed by atoms with Crippen LogP contribution in [0.3, 0.4) is 0 Å². The minimum absolute atomic E-state index is 0.0785. The van der Waals surface area contributed by atoms with Crippen molar-refractivity contribution in [2.45, 2.75) is 66.9 Å². The Bertz CT molecular complexity index is 597. The fourth-order valence-electron chi connectivity index (χ4n) is 4.17. The van der Waals surface area contributed by atoms with Crippen molar-refractivity contribution < 1.29 is 9.09 Å². The summed E-state index contributed by atoms with van der Waals surface area (Å²) >= 11 is 0. The maximum absolute atomic E-state index is 14.2. The highest BCUT2D eigenvalue weighted by atomic mass is 31.2. The largest absolute Gasteiger partial charge is 0.310 e. The van der Waals surface area contributed by atoms with E-state index in [2.05, 4.69) is 34.6 Å². The summed E-state index contributed by atoms with van der Waals surface area (Å²) in [5, 5.41) is 0.874. The van der Waals surface area contributed by atoms with Gasteiger partial charge >= 0.3 is 7.52 Å². The molecule has 0 spiro atoms. The van der Waals surface area contributed by atoms with Gasteiger partial charge in [-0.15, -0.1) is 0 Å². The molecule has 0 radical (unpaired) electrons. The molecule has 1 aromatic rings. The summed E-state index contributed by atoms with van der Waals surface area (Å²) in [5.74, 6) is 1.69. The average Bonchev–Trinajstić information content (AvgIpc) is 2.56. The molecule has 0 saturated heterocycles. The first-order valence-electron chi connectivity index (χ1n) is 9.93. The minimum Gasteiger partial charge on any atom is -0.310 e. The monoisotopic (exact) mass is 365 g/mol. The second-order valence-electron chi connectivity index (χ2n) is 7.92. The maximum atomic E-state index is 14.2. The summed E-state index contributed by atoms with van der Waals surface area (Å²) in [5.41, 5.74) is 1.06. The van der Waals surface area contributed by atoms with Gasteiger partial charge in [-0.1, -0.05) is 59.2 Å². The van der Waals surface area contributed by atoms with Crippen molar-refractivity contribution in [3.63, 3.8) is 0 Å². The molecule has 1 saturated carbocycles. The van der Waals surface area contributed by atoms with E-state index < -0.39 is 7.52 Å². The van der Waals surface area contributed by atoms with E-state index in [-0.39, 0.29) is 6.10 Å². The van der Waals surface area contributed by atoms with E-state index in [1.807, 2.05) is 35.9 Å². The average molecular weight is 365 g/mol. The Morgan fingerprint density at radius 2 is 1.84 bits per heavy atom. The molecule has 1 fully saturated rings. The highest BCUT2D eigenvalue weighted by Gasteiger charge is 2.41. The summed E-state index contributed by atoms with van der Waals surface area (Å²) in [4.78, 5) is 0. The highest BCUT2D eigenvalue weighted by molar-refractivity contribution is 7.64. The summed E-state index contributed by atoms with van der Waals surface area (Å²) in [7, 11) is -3.06. The Morgan fingerprint density at radius 1 is 1.20 bits per heavy atom. The van der Waals surface area contributed by atoms with E-state index in [9.17, 15) is 4.57 Å². The molecule has 1 aromatic carbocycles. The zero-order chi connectivity index (χ0) is 18.6. The van der Waals surface area contributed by atoms with Crippen LogP contribution >= 0.6 is 7.52 Å². The molecule has 0 bridgehead atoms. The van der Waals surface area contributed by atoms with Gasteiger partial charge in [0.25, 0.3) is 0 Å². The molecule has 25 heavy (non-hydrogen) atoms. The predicted octanol–water partition coefficient (Wildman–Crippen LogP) is 5.63. The van der Waals surface area contributed by atoms with E-state index in [1.165, 1.54) is 12.8 Å². The molecule has 4 atom stereocenters. The number of benzene rings is 1. The summed E-state index contributed by atoms with van der Waals surface area (Å²) in [6, 6.07) is 8.01. The maximum Gasteiger partial charge on any atom is 0.302 e. The van der Waals surface area contributed by atoms with Crippen LogP contribution in [-0.2, 0) is 9.09 Å². The molecule has 0 aliphatic heterocycles. The van der Waals surface area contributed by atoms with Crippen molar-refractivity contribution in [1.29, 1.82) is 0 Å². The Balaban J connectivity index is 2.42. The lowest BCUT2D eigenvalue weighted by Crippen LogP contribution is -2.38. The Hall–Kier alpha value is -0.630. The second-order valence-corrected chi connectivity index (χ2v) is 10.2. The lowest BCUT2D eigenvalue weighted by molar-refractivity contribution is 0.0428. The molecule has 0 amide bonds. The fraction of sp³-hybridized carbons (Fsp3) is 0.714. The zero-order valence-corrected chi connectivity index (χ0v) is 17.8. The van der Waals surface area contributed by atoms with Crippen LogP contribution in [0.25, 0.3) is 0 Å². The molecule has 1 unspecified atom stereocenters. The third-order valence-corrected chi connectivity index (χ3v) is 8.74. The van der Waals surface area contributed by atoms with Crippen LogP contribution in [-0.4, -0.2) is 23.9 Å². The number of aryl methyl sites for hydroxylation is 1. The first-order valence-corrected chi connectivity index (χ1v) is 11.5. The van der Waals surface area contributed by atoms with Crippen molar-refractivity contribution in [2.75, 3.05) is 13.1 Å². The van der Waals surface area contributed by atoms with Crippen LogP contribution in [0.4, 0.5) is 0 Å². The van der Waals surface area contributed by atoms with Gasteiger partial charge in [0.2, 0.25) is 0 Å². The van der Waals surface area contributed by atoms with Crippen molar-refractivity contribution in [1.82, 2.24) is 4.67 Å². The predicted molar refractivity (Wildman–Crippen MR) is 108 cm³/mol. The van der Waals surface area contributed by atoms with E-state index in [0.29, 0.717) is 17.8 Å². The lowest BCUT2D eigenvalue weighted by atomic mass is 9.75. The van der Waals surface area contributed by atoms with Gasteiger partial charge in [-0.05, 0) is 49.1 Å². The zero-order valence-electron chi connectivity index (χ0n) is 16.9. The van der Waals surface area contributed by atoms with Gasteiger partial charge in [0, 0.05) is 13.1 Å². The van der Waals surface area contributed by atoms with Crippen LogP contribution < -0.4 is 5.30 Å². The molecule has 0 aromatic heterocycles. The van der Waals surface area contributed by atoms with Crippen LogP contribution in [0.2, 0.25) is 0 Å². The summed E-state index contributed by atoms with van der Waals surface area (Å²) < 4.78 is 22.9. The van der Waals surface area contributed by atoms with Crippen LogP contribution in [0, 0.1) is 24.7 Å². The molecule has 0 N–H and O–H groups in total. The first kappa shape index (κ1) is 20.7. The number of hydrogen-bond acceptors (Lipinski definition) is 2. The summed E-state index contributed by atoms with van der Waals surface area (Å²) in [6.45, 7) is 14.5. The van der Waals surface area contributed by atoms with Crippen molar-refractivity contribution >= 4 is 12.8 Å². The normalized spacial score (nSPS) is 26.8. The summed E-state index contributed by atoms with van der Waals surface area (Å²) in [6.07, 6.45) is 3.52. The molecule has 4 heteroatoms. The second kappa shape index (κ2) is 8.84.